The van der Waals surface area contributed by atoms with Gasteiger partial charge in [0.1, 0.15) is 0 Å². The summed E-state index contributed by atoms with van der Waals surface area (Å²) in [5.74, 6) is -0.674. The van der Waals surface area contributed by atoms with Gasteiger partial charge in [0.15, 0.2) is 11.6 Å². The molecule has 1 heterocycles. The van der Waals surface area contributed by atoms with Crippen molar-refractivity contribution in [2.75, 3.05) is 31.9 Å². The van der Waals surface area contributed by atoms with Crippen LogP contribution in [0.15, 0.2) is 42.5 Å². The molecular formula is C22H22N2O5S. The Morgan fingerprint density at radius 3 is 2.03 bits per heavy atom. The second-order valence-corrected chi connectivity index (χ2v) is 9.56. The largest absolute Gasteiger partial charge is 0.336 e. The van der Waals surface area contributed by atoms with Crippen molar-refractivity contribution in [2.45, 2.75) is 13.3 Å². The maximum atomic E-state index is 13.0. The van der Waals surface area contributed by atoms with Gasteiger partial charge in [-0.25, -0.2) is 8.42 Å². The van der Waals surface area contributed by atoms with Gasteiger partial charge in [0, 0.05) is 54.0 Å². The maximum absolute atomic E-state index is 13.0. The zero-order valence-electron chi connectivity index (χ0n) is 16.6. The van der Waals surface area contributed by atoms with E-state index in [1.807, 2.05) is 6.92 Å². The molecule has 1 aliphatic carbocycles. The molecule has 0 unspecified atom stereocenters. The van der Waals surface area contributed by atoms with Gasteiger partial charge in [0.05, 0.1) is 5.75 Å². The minimum absolute atomic E-state index is 0.101. The van der Waals surface area contributed by atoms with Gasteiger partial charge in [-0.2, -0.15) is 4.31 Å². The monoisotopic (exact) mass is 426 g/mol. The summed E-state index contributed by atoms with van der Waals surface area (Å²) in [5, 5.41) is 0. The van der Waals surface area contributed by atoms with E-state index in [1.54, 1.807) is 35.2 Å². The number of hydrogen-bond donors (Lipinski definition) is 0. The number of piperazine rings is 1. The molecule has 2 aromatic rings. The minimum atomic E-state index is -3.29. The first-order chi connectivity index (χ1) is 14.3. The van der Waals surface area contributed by atoms with Gasteiger partial charge in [0.25, 0.3) is 5.91 Å². The van der Waals surface area contributed by atoms with Crippen molar-refractivity contribution in [1.82, 2.24) is 9.21 Å². The summed E-state index contributed by atoms with van der Waals surface area (Å²) < 4.78 is 25.8. The van der Waals surface area contributed by atoms with E-state index < -0.39 is 10.0 Å². The lowest BCUT2D eigenvalue weighted by Crippen LogP contribution is -2.51. The topological polar surface area (TPSA) is 91.8 Å². The summed E-state index contributed by atoms with van der Waals surface area (Å²) in [6, 6.07) is 11.2. The molecule has 2 aliphatic rings. The van der Waals surface area contributed by atoms with Crippen molar-refractivity contribution in [2.24, 2.45) is 0 Å². The lowest BCUT2D eigenvalue weighted by molar-refractivity contribution is 0.0697. The van der Waals surface area contributed by atoms with E-state index in [-0.39, 0.29) is 55.0 Å². The van der Waals surface area contributed by atoms with E-state index in [4.69, 9.17) is 0 Å². The van der Waals surface area contributed by atoms with Crippen molar-refractivity contribution in [3.63, 3.8) is 0 Å². The van der Waals surface area contributed by atoms with E-state index in [2.05, 4.69) is 0 Å². The number of hydrogen-bond acceptors (Lipinski definition) is 5. The molecule has 1 saturated heterocycles. The molecular weight excluding hydrogens is 404 g/mol. The van der Waals surface area contributed by atoms with Gasteiger partial charge in [0.2, 0.25) is 10.0 Å². The first-order valence-electron chi connectivity index (χ1n) is 9.93. The second-order valence-electron chi connectivity index (χ2n) is 7.47. The molecule has 0 atom stereocenters. The Morgan fingerprint density at radius 1 is 0.867 bits per heavy atom. The molecule has 2 aromatic carbocycles. The quantitative estimate of drug-likeness (QED) is 0.636. The Balaban J connectivity index is 1.55. The van der Waals surface area contributed by atoms with E-state index in [9.17, 15) is 22.8 Å². The summed E-state index contributed by atoms with van der Waals surface area (Å²) >= 11 is 0. The number of sulfonamides is 1. The van der Waals surface area contributed by atoms with Crippen molar-refractivity contribution in [1.29, 1.82) is 0 Å². The van der Waals surface area contributed by atoms with E-state index in [0.29, 0.717) is 28.7 Å². The number of carbonyl (C=O) groups is 3. The standard InChI is InChI=1S/C22H22N2O5S/c1-2-13-30(28,29)24-11-9-23(10-12-24)22(27)15-7-8-18-19(14-15)21(26)17-6-4-3-5-16(17)20(18)25/h3-8,14H,2,9-13H2,1H3. The highest BCUT2D eigenvalue weighted by Gasteiger charge is 2.32. The van der Waals surface area contributed by atoms with Crippen LogP contribution in [-0.4, -0.2) is 67.0 Å². The molecule has 30 heavy (non-hydrogen) atoms. The van der Waals surface area contributed by atoms with Crippen molar-refractivity contribution < 1.29 is 22.8 Å². The number of carbonyl (C=O) groups excluding carboxylic acids is 3. The highest BCUT2D eigenvalue weighted by molar-refractivity contribution is 7.89. The van der Waals surface area contributed by atoms with E-state index >= 15 is 0 Å². The average molecular weight is 426 g/mol. The van der Waals surface area contributed by atoms with Crippen molar-refractivity contribution in [3.05, 3.63) is 70.3 Å². The summed E-state index contributed by atoms with van der Waals surface area (Å²) in [6.45, 7) is 2.90. The fourth-order valence-corrected chi connectivity index (χ4v) is 5.47. The van der Waals surface area contributed by atoms with Crippen LogP contribution in [0.25, 0.3) is 0 Å². The summed E-state index contributed by atoms with van der Waals surface area (Å²) in [4.78, 5) is 40.1. The summed E-state index contributed by atoms with van der Waals surface area (Å²) in [5.41, 5.74) is 1.56. The molecule has 4 rings (SSSR count). The first kappa shape index (κ1) is 20.4. The van der Waals surface area contributed by atoms with Gasteiger partial charge in [-0.3, -0.25) is 14.4 Å². The predicted molar refractivity (Wildman–Crippen MR) is 111 cm³/mol. The average Bonchev–Trinajstić information content (AvgIpc) is 2.76. The van der Waals surface area contributed by atoms with Crippen molar-refractivity contribution in [3.8, 4) is 0 Å². The fourth-order valence-electron chi connectivity index (χ4n) is 3.97. The molecule has 0 aromatic heterocycles. The Kier molecular flexibility index (Phi) is 5.29. The normalized spacial score (nSPS) is 16.9. The third kappa shape index (κ3) is 3.46. The molecule has 1 aliphatic heterocycles. The summed E-state index contributed by atoms with van der Waals surface area (Å²) in [7, 11) is -3.29. The molecule has 8 heteroatoms. The molecule has 0 saturated carbocycles. The van der Waals surface area contributed by atoms with Crippen LogP contribution in [0, 0.1) is 0 Å². The lowest BCUT2D eigenvalue weighted by atomic mass is 9.83. The molecule has 156 valence electrons. The van der Waals surface area contributed by atoms with Crippen molar-refractivity contribution >= 4 is 27.5 Å². The molecule has 0 bridgehead atoms. The number of ketones is 2. The Hall–Kier alpha value is -2.84. The molecule has 0 spiro atoms. The fraction of sp³-hybridized carbons (Fsp3) is 0.318. The van der Waals surface area contributed by atoms with E-state index in [1.165, 1.54) is 16.4 Å². The Morgan fingerprint density at radius 2 is 1.43 bits per heavy atom. The zero-order chi connectivity index (χ0) is 21.5. The van der Waals surface area contributed by atoms with Crippen LogP contribution in [-0.2, 0) is 10.0 Å². The van der Waals surface area contributed by atoms with Gasteiger partial charge < -0.3 is 4.90 Å². The highest BCUT2D eigenvalue weighted by atomic mass is 32.2. The number of benzene rings is 2. The third-order valence-electron chi connectivity index (χ3n) is 5.55. The highest BCUT2D eigenvalue weighted by Crippen LogP contribution is 2.28. The smallest absolute Gasteiger partial charge is 0.253 e. The van der Waals surface area contributed by atoms with Crippen LogP contribution in [0.2, 0.25) is 0 Å². The Bertz CT molecular complexity index is 1150. The van der Waals surface area contributed by atoms with Gasteiger partial charge in [-0.15, -0.1) is 0 Å². The minimum Gasteiger partial charge on any atom is -0.336 e. The van der Waals surface area contributed by atoms with Gasteiger partial charge in [-0.05, 0) is 24.6 Å². The van der Waals surface area contributed by atoms with E-state index in [0.717, 1.165) is 0 Å². The summed E-state index contributed by atoms with van der Waals surface area (Å²) in [6.07, 6.45) is 0.548. The van der Waals surface area contributed by atoms with Crippen LogP contribution < -0.4 is 0 Å². The van der Waals surface area contributed by atoms with Crippen LogP contribution in [0.4, 0.5) is 0 Å². The van der Waals surface area contributed by atoms with Crippen LogP contribution in [0.1, 0.15) is 55.5 Å². The number of amides is 1. The zero-order valence-corrected chi connectivity index (χ0v) is 17.4. The predicted octanol–water partition coefficient (Wildman–Crippen LogP) is 1.96. The van der Waals surface area contributed by atoms with Gasteiger partial charge in [-0.1, -0.05) is 31.2 Å². The SMILES string of the molecule is CCCS(=O)(=O)N1CCN(C(=O)c2ccc3c(c2)C(=O)c2ccccc2C3=O)CC1. The molecule has 0 N–H and O–H groups in total. The third-order valence-corrected chi connectivity index (χ3v) is 7.63. The number of rotatable bonds is 4. The Labute approximate surface area is 175 Å². The molecule has 1 fully saturated rings. The van der Waals surface area contributed by atoms with Crippen LogP contribution in [0.3, 0.4) is 0 Å². The lowest BCUT2D eigenvalue weighted by Gasteiger charge is -2.34. The maximum Gasteiger partial charge on any atom is 0.253 e. The van der Waals surface area contributed by atoms with Crippen LogP contribution >= 0.6 is 0 Å². The molecule has 7 nitrogen and oxygen atoms in total. The molecule has 0 radical (unpaired) electrons. The second kappa shape index (κ2) is 7.77. The first-order valence-corrected chi connectivity index (χ1v) is 11.5. The van der Waals surface area contributed by atoms with Gasteiger partial charge >= 0.3 is 0 Å². The number of nitrogens with zero attached hydrogens (tertiary/aromatic N) is 2. The number of fused-ring (bicyclic) bond motifs is 2. The molecule has 1 amide bonds. The van der Waals surface area contributed by atoms with Crippen LogP contribution in [0.5, 0.6) is 0 Å².